The van der Waals surface area contributed by atoms with E-state index in [2.05, 4.69) is 28.6 Å². The number of fused-ring (bicyclic) bond motifs is 1. The lowest BCUT2D eigenvalue weighted by atomic mass is 9.88. The predicted octanol–water partition coefficient (Wildman–Crippen LogP) is 2.72. The Morgan fingerprint density at radius 3 is 2.47 bits per heavy atom. The van der Waals surface area contributed by atoms with Crippen LogP contribution in [0.5, 0.6) is 0 Å². The zero-order valence-electron chi connectivity index (χ0n) is 16.4. The van der Waals surface area contributed by atoms with Gasteiger partial charge < -0.3 is 15.5 Å². The Bertz CT molecular complexity index is 880. The van der Waals surface area contributed by atoms with Gasteiger partial charge in [-0.15, -0.1) is 0 Å². The van der Waals surface area contributed by atoms with Crippen LogP contribution in [0.3, 0.4) is 0 Å². The monoisotopic (exact) mass is 427 g/mol. The normalized spacial score (nSPS) is 14.3. The molecule has 0 amide bonds. The molecule has 0 bridgehead atoms. The fourth-order valence-corrected chi connectivity index (χ4v) is 3.32. The first-order chi connectivity index (χ1) is 14.1. The highest BCUT2D eigenvalue weighted by atomic mass is 19.4. The Hall–Kier alpha value is -2.88. The first-order valence-corrected chi connectivity index (χ1v) is 9.41. The minimum atomic E-state index is -5.08. The molecule has 1 unspecified atom stereocenters. The summed E-state index contributed by atoms with van der Waals surface area (Å²) in [7, 11) is 1.84. The molecule has 0 saturated carbocycles. The molecule has 1 aliphatic carbocycles. The Morgan fingerprint density at radius 2 is 1.90 bits per heavy atom. The predicted molar refractivity (Wildman–Crippen MR) is 102 cm³/mol. The summed E-state index contributed by atoms with van der Waals surface area (Å²) in [5, 5.41) is 23.9. The van der Waals surface area contributed by atoms with Gasteiger partial charge in [-0.2, -0.15) is 18.3 Å². The zero-order chi connectivity index (χ0) is 22.3. The molecule has 3 N–H and O–H groups in total. The lowest BCUT2D eigenvalue weighted by Crippen LogP contribution is -2.38. The van der Waals surface area contributed by atoms with Crippen LogP contribution >= 0.6 is 0 Å². The van der Waals surface area contributed by atoms with Gasteiger partial charge in [-0.3, -0.25) is 9.48 Å². The largest absolute Gasteiger partial charge is 0.490 e. The Labute approximate surface area is 171 Å². The van der Waals surface area contributed by atoms with Crippen LogP contribution in [-0.2, 0) is 42.4 Å². The second-order valence-corrected chi connectivity index (χ2v) is 7.06. The Morgan fingerprint density at radius 1 is 1.23 bits per heavy atom. The van der Waals surface area contributed by atoms with E-state index in [1.54, 1.807) is 10.9 Å². The highest BCUT2D eigenvalue weighted by Gasteiger charge is 2.38. The van der Waals surface area contributed by atoms with E-state index in [1.165, 1.54) is 29.5 Å². The average Bonchev–Trinajstić information content (AvgIpc) is 3.09. The number of carbonyl (C=O) groups is 2. The number of aliphatic carboxylic acids is 2. The van der Waals surface area contributed by atoms with E-state index in [4.69, 9.17) is 9.90 Å². The molecular weight excluding hydrogens is 403 g/mol. The molecule has 164 valence electrons. The van der Waals surface area contributed by atoms with Crippen molar-refractivity contribution in [3.8, 4) is 0 Å². The molecule has 0 aliphatic heterocycles. The summed E-state index contributed by atoms with van der Waals surface area (Å²) in [5.41, 5.74) is 5.01. The number of benzene rings is 1. The van der Waals surface area contributed by atoms with Gasteiger partial charge in [-0.25, -0.2) is 4.79 Å². The first kappa shape index (κ1) is 23.4. The van der Waals surface area contributed by atoms with Gasteiger partial charge in [-0.05, 0) is 47.9 Å². The van der Waals surface area contributed by atoms with Crippen molar-refractivity contribution in [2.24, 2.45) is 7.05 Å². The summed E-state index contributed by atoms with van der Waals surface area (Å²) < 4.78 is 33.4. The minimum Gasteiger partial charge on any atom is -0.480 e. The molecule has 10 heteroatoms. The van der Waals surface area contributed by atoms with Gasteiger partial charge in [0.05, 0.1) is 6.20 Å². The maximum atomic E-state index is 11.5. The topological polar surface area (TPSA) is 104 Å². The molecule has 1 aromatic carbocycles. The molecule has 0 radical (unpaired) electrons. The second-order valence-electron chi connectivity index (χ2n) is 7.06. The van der Waals surface area contributed by atoms with E-state index in [9.17, 15) is 23.1 Å². The zero-order valence-corrected chi connectivity index (χ0v) is 16.4. The average molecular weight is 427 g/mol. The van der Waals surface area contributed by atoms with Crippen molar-refractivity contribution < 1.29 is 33.0 Å². The van der Waals surface area contributed by atoms with Crippen LogP contribution in [0.15, 0.2) is 30.6 Å². The van der Waals surface area contributed by atoms with Crippen LogP contribution in [-0.4, -0.2) is 44.2 Å². The van der Waals surface area contributed by atoms with E-state index in [0.717, 1.165) is 18.4 Å². The number of aryl methyl sites for hydroxylation is 2. The molecule has 0 fully saturated rings. The number of aromatic nitrogens is 2. The third-order valence-electron chi connectivity index (χ3n) is 4.77. The number of carboxylic acids is 2. The fraction of sp³-hybridized carbons (Fsp3) is 0.450. The number of hydrogen-bond donors (Lipinski definition) is 3. The van der Waals surface area contributed by atoms with E-state index < -0.39 is 24.2 Å². The molecule has 2 aromatic rings. The van der Waals surface area contributed by atoms with Gasteiger partial charge in [0.25, 0.3) is 0 Å². The van der Waals surface area contributed by atoms with Gasteiger partial charge >= 0.3 is 18.1 Å². The van der Waals surface area contributed by atoms with Crippen molar-refractivity contribution in [2.45, 2.75) is 50.9 Å². The number of nitrogens with zero attached hydrogens (tertiary/aromatic N) is 2. The van der Waals surface area contributed by atoms with Gasteiger partial charge in [0.1, 0.15) is 6.04 Å². The summed E-state index contributed by atoms with van der Waals surface area (Å²) in [5.74, 6) is -3.58. The van der Waals surface area contributed by atoms with Crippen molar-refractivity contribution in [3.63, 3.8) is 0 Å². The molecule has 1 atom stereocenters. The number of hydrogen-bond acceptors (Lipinski definition) is 4. The molecule has 30 heavy (non-hydrogen) atoms. The molecule has 0 saturated heterocycles. The quantitative estimate of drug-likeness (QED) is 0.655. The summed E-state index contributed by atoms with van der Waals surface area (Å²) in [6.07, 6.45) is 3.67. The maximum Gasteiger partial charge on any atom is 0.490 e. The van der Waals surface area contributed by atoms with Crippen LogP contribution in [0.2, 0.25) is 0 Å². The van der Waals surface area contributed by atoms with Crippen molar-refractivity contribution in [1.82, 2.24) is 15.1 Å². The summed E-state index contributed by atoms with van der Waals surface area (Å²) in [4.78, 5) is 20.4. The molecule has 1 aromatic heterocycles. The van der Waals surface area contributed by atoms with Crippen LogP contribution in [0.4, 0.5) is 13.2 Å². The second kappa shape index (κ2) is 10.2. The Kier molecular flexibility index (Phi) is 7.99. The number of nitrogens with one attached hydrogen (secondary N) is 1. The molecule has 0 spiro atoms. The lowest BCUT2D eigenvalue weighted by molar-refractivity contribution is -0.192. The smallest absolute Gasteiger partial charge is 0.480 e. The van der Waals surface area contributed by atoms with E-state index in [0.29, 0.717) is 13.0 Å². The maximum absolute atomic E-state index is 11.5. The van der Waals surface area contributed by atoms with Crippen molar-refractivity contribution in [3.05, 3.63) is 52.8 Å². The number of rotatable bonds is 6. The SMILES string of the molecule is Cn1cc(CC(NCc2cccc3c2CCCC3)C(=O)O)cn1.O=C(O)C(F)(F)F. The van der Waals surface area contributed by atoms with Gasteiger partial charge in [-0.1, -0.05) is 18.2 Å². The first-order valence-electron chi connectivity index (χ1n) is 9.41. The summed E-state index contributed by atoms with van der Waals surface area (Å²) in [6, 6.07) is 5.79. The van der Waals surface area contributed by atoms with Crippen LogP contribution in [0.1, 0.15) is 35.1 Å². The highest BCUT2D eigenvalue weighted by molar-refractivity contribution is 5.74. The van der Waals surface area contributed by atoms with Gasteiger partial charge in [0, 0.05) is 26.2 Å². The van der Waals surface area contributed by atoms with Crippen molar-refractivity contribution in [2.75, 3.05) is 0 Å². The molecule has 1 aliphatic rings. The molecule has 1 heterocycles. The molecular formula is C20H24F3N3O4. The number of alkyl halides is 3. The van der Waals surface area contributed by atoms with Crippen molar-refractivity contribution >= 4 is 11.9 Å². The van der Waals surface area contributed by atoms with Gasteiger partial charge in [0.2, 0.25) is 0 Å². The van der Waals surface area contributed by atoms with E-state index in [-0.39, 0.29) is 0 Å². The summed E-state index contributed by atoms with van der Waals surface area (Å²) in [6.45, 7) is 0.598. The fourth-order valence-electron chi connectivity index (χ4n) is 3.32. The third-order valence-corrected chi connectivity index (χ3v) is 4.77. The van der Waals surface area contributed by atoms with E-state index >= 15 is 0 Å². The van der Waals surface area contributed by atoms with E-state index in [1.807, 2.05) is 13.2 Å². The minimum absolute atomic E-state index is 0.443. The van der Waals surface area contributed by atoms with Crippen molar-refractivity contribution in [1.29, 1.82) is 0 Å². The molecule has 7 nitrogen and oxygen atoms in total. The highest BCUT2D eigenvalue weighted by Crippen LogP contribution is 2.24. The van der Waals surface area contributed by atoms with Crippen LogP contribution in [0, 0.1) is 0 Å². The number of halogens is 3. The standard InChI is InChI=1S/C18H23N3O2.C2HF3O2/c1-21-12-13(10-20-21)9-17(18(22)23)19-11-15-7-4-6-14-5-2-3-8-16(14)15;3-2(4,5)1(6)7/h4,6-7,10,12,17,19H,2-3,5,8-9,11H2,1H3,(H,22,23);(H,6,7). The number of carboxylic acid groups (broad SMARTS) is 2. The lowest BCUT2D eigenvalue weighted by Gasteiger charge is -2.21. The molecule has 3 rings (SSSR count). The Balaban J connectivity index is 0.000000396. The van der Waals surface area contributed by atoms with Crippen LogP contribution in [0.25, 0.3) is 0 Å². The van der Waals surface area contributed by atoms with Gasteiger partial charge in [0.15, 0.2) is 0 Å². The third kappa shape index (κ3) is 6.87. The van der Waals surface area contributed by atoms with Crippen LogP contribution < -0.4 is 5.32 Å². The summed E-state index contributed by atoms with van der Waals surface area (Å²) >= 11 is 0.